The predicted molar refractivity (Wildman–Crippen MR) is 138 cm³/mol. The number of anilines is 1. The lowest BCUT2D eigenvalue weighted by Crippen LogP contribution is -2.34. The van der Waals surface area contributed by atoms with Crippen LogP contribution in [0.1, 0.15) is 35.3 Å². The first-order valence-electron chi connectivity index (χ1n) is 11.5. The van der Waals surface area contributed by atoms with E-state index in [-0.39, 0.29) is 17.4 Å². The van der Waals surface area contributed by atoms with Gasteiger partial charge in [0.25, 0.3) is 0 Å². The molecule has 0 unspecified atom stereocenters. The van der Waals surface area contributed by atoms with Crippen LogP contribution >= 0.6 is 0 Å². The Bertz CT molecular complexity index is 1390. The van der Waals surface area contributed by atoms with E-state index in [0.717, 1.165) is 38.8 Å². The van der Waals surface area contributed by atoms with Crippen molar-refractivity contribution in [3.05, 3.63) is 89.6 Å². The smallest absolute Gasteiger partial charge is 0.335 e. The topological polar surface area (TPSA) is 79.7 Å². The standard InChI is InChI=1S/C29H28N2O4/c1-18(2)28(32)31(27-25-11-9-24(29(33)34)16-23(25)13-14-30-27)17-20-5-7-21(8-6-20)22-10-12-26(35-4)19(3)15-22/h5-16,18H,17H2,1-4H3,(H,33,34). The van der Waals surface area contributed by atoms with E-state index in [1.165, 1.54) is 0 Å². The number of pyridine rings is 1. The number of ether oxygens (including phenoxy) is 1. The quantitative estimate of drug-likeness (QED) is 0.354. The molecule has 0 saturated heterocycles. The molecular weight excluding hydrogens is 440 g/mol. The highest BCUT2D eigenvalue weighted by atomic mass is 16.5. The number of hydrogen-bond donors (Lipinski definition) is 1. The number of rotatable bonds is 7. The molecule has 0 bridgehead atoms. The Kier molecular flexibility index (Phi) is 6.82. The van der Waals surface area contributed by atoms with Crippen LogP contribution in [-0.4, -0.2) is 29.1 Å². The molecule has 3 aromatic carbocycles. The van der Waals surface area contributed by atoms with Gasteiger partial charge in [0.05, 0.1) is 19.2 Å². The van der Waals surface area contributed by atoms with Crippen LogP contribution in [0.5, 0.6) is 5.75 Å². The van der Waals surface area contributed by atoms with E-state index in [4.69, 9.17) is 4.74 Å². The van der Waals surface area contributed by atoms with Crippen molar-refractivity contribution < 1.29 is 19.4 Å². The molecule has 35 heavy (non-hydrogen) atoms. The Labute approximate surface area is 204 Å². The van der Waals surface area contributed by atoms with Crippen LogP contribution in [0.2, 0.25) is 0 Å². The van der Waals surface area contributed by atoms with Crippen LogP contribution in [0.4, 0.5) is 5.82 Å². The lowest BCUT2D eigenvalue weighted by molar-refractivity contribution is -0.121. The number of carboxylic acid groups (broad SMARTS) is 1. The van der Waals surface area contributed by atoms with Crippen molar-refractivity contribution in [3.63, 3.8) is 0 Å². The van der Waals surface area contributed by atoms with Gasteiger partial charge in [-0.1, -0.05) is 44.2 Å². The van der Waals surface area contributed by atoms with Gasteiger partial charge in [-0.2, -0.15) is 0 Å². The summed E-state index contributed by atoms with van der Waals surface area (Å²) in [6.45, 7) is 6.09. The van der Waals surface area contributed by atoms with Gasteiger partial charge in [-0.15, -0.1) is 0 Å². The Morgan fingerprint density at radius 1 is 0.971 bits per heavy atom. The van der Waals surface area contributed by atoms with Gasteiger partial charge in [-0.3, -0.25) is 9.69 Å². The number of carbonyl (C=O) groups excluding carboxylic acids is 1. The molecule has 0 atom stereocenters. The molecule has 178 valence electrons. The van der Waals surface area contributed by atoms with E-state index < -0.39 is 5.97 Å². The molecule has 0 fully saturated rings. The molecule has 6 heteroatoms. The third-order valence-electron chi connectivity index (χ3n) is 6.03. The fourth-order valence-electron chi connectivity index (χ4n) is 4.12. The minimum Gasteiger partial charge on any atom is -0.496 e. The SMILES string of the molecule is COc1ccc(-c2ccc(CN(C(=O)C(C)C)c3nccc4cc(C(=O)O)ccc34)cc2)cc1C. The zero-order chi connectivity index (χ0) is 25.1. The van der Waals surface area contributed by atoms with E-state index in [2.05, 4.69) is 11.1 Å². The molecule has 1 heterocycles. The molecule has 0 spiro atoms. The second-order valence-electron chi connectivity index (χ2n) is 8.84. The Morgan fingerprint density at radius 3 is 2.31 bits per heavy atom. The van der Waals surface area contributed by atoms with Crippen molar-refractivity contribution in [2.75, 3.05) is 12.0 Å². The molecule has 1 N–H and O–H groups in total. The van der Waals surface area contributed by atoms with E-state index >= 15 is 0 Å². The minimum atomic E-state index is -0.993. The number of methoxy groups -OCH3 is 1. The average Bonchev–Trinajstić information content (AvgIpc) is 2.86. The van der Waals surface area contributed by atoms with Gasteiger partial charge in [-0.05, 0) is 71.0 Å². The zero-order valence-corrected chi connectivity index (χ0v) is 20.3. The molecule has 0 aliphatic heterocycles. The van der Waals surface area contributed by atoms with Gasteiger partial charge in [0.15, 0.2) is 0 Å². The molecule has 4 rings (SSSR count). The van der Waals surface area contributed by atoms with Crippen LogP contribution in [0, 0.1) is 12.8 Å². The van der Waals surface area contributed by atoms with Crippen molar-refractivity contribution in [2.24, 2.45) is 5.92 Å². The first kappa shape index (κ1) is 24.0. The predicted octanol–water partition coefficient (Wildman–Crippen LogP) is 6.11. The van der Waals surface area contributed by atoms with Gasteiger partial charge < -0.3 is 9.84 Å². The maximum Gasteiger partial charge on any atom is 0.335 e. The van der Waals surface area contributed by atoms with Crippen molar-refractivity contribution in [1.29, 1.82) is 0 Å². The molecular formula is C29H28N2O4. The number of carbonyl (C=O) groups is 2. The first-order valence-corrected chi connectivity index (χ1v) is 11.5. The van der Waals surface area contributed by atoms with E-state index in [1.807, 2.05) is 57.2 Å². The van der Waals surface area contributed by atoms with Crippen molar-refractivity contribution in [2.45, 2.75) is 27.3 Å². The Morgan fingerprint density at radius 2 is 1.69 bits per heavy atom. The summed E-state index contributed by atoms with van der Waals surface area (Å²) >= 11 is 0. The van der Waals surface area contributed by atoms with Gasteiger partial charge in [-0.25, -0.2) is 9.78 Å². The molecule has 0 radical (unpaired) electrons. The van der Waals surface area contributed by atoms with E-state index in [0.29, 0.717) is 12.4 Å². The number of hydrogen-bond acceptors (Lipinski definition) is 4. The maximum absolute atomic E-state index is 13.2. The number of benzene rings is 3. The zero-order valence-electron chi connectivity index (χ0n) is 20.3. The van der Waals surface area contributed by atoms with E-state index in [1.54, 1.807) is 42.5 Å². The van der Waals surface area contributed by atoms with Gasteiger partial charge >= 0.3 is 5.97 Å². The average molecular weight is 469 g/mol. The number of aromatic nitrogens is 1. The van der Waals surface area contributed by atoms with Gasteiger partial charge in [0.2, 0.25) is 5.91 Å². The third-order valence-corrected chi connectivity index (χ3v) is 6.03. The summed E-state index contributed by atoms with van der Waals surface area (Å²) in [5.41, 5.74) is 4.39. The molecule has 0 aliphatic rings. The van der Waals surface area contributed by atoms with Crippen LogP contribution in [0.3, 0.4) is 0 Å². The number of aryl methyl sites for hydroxylation is 1. The van der Waals surface area contributed by atoms with Crippen molar-refractivity contribution in [1.82, 2.24) is 4.98 Å². The second kappa shape index (κ2) is 9.97. The summed E-state index contributed by atoms with van der Waals surface area (Å²) in [6.07, 6.45) is 1.61. The number of aromatic carboxylic acids is 1. The highest BCUT2D eigenvalue weighted by Gasteiger charge is 2.22. The van der Waals surface area contributed by atoms with Crippen LogP contribution in [0.15, 0.2) is 72.9 Å². The van der Waals surface area contributed by atoms with Crippen LogP contribution in [-0.2, 0) is 11.3 Å². The summed E-state index contributed by atoms with van der Waals surface area (Å²) in [7, 11) is 1.66. The molecule has 1 amide bonds. The van der Waals surface area contributed by atoms with E-state index in [9.17, 15) is 14.7 Å². The molecule has 4 aromatic rings. The summed E-state index contributed by atoms with van der Waals surface area (Å²) in [4.78, 5) is 30.8. The van der Waals surface area contributed by atoms with Crippen LogP contribution < -0.4 is 9.64 Å². The highest BCUT2D eigenvalue weighted by Crippen LogP contribution is 2.30. The summed E-state index contributed by atoms with van der Waals surface area (Å²) < 4.78 is 5.36. The molecule has 0 aliphatic carbocycles. The number of amides is 1. The number of nitrogens with zero attached hydrogens (tertiary/aromatic N) is 2. The monoisotopic (exact) mass is 468 g/mol. The normalized spacial score (nSPS) is 11.0. The Balaban J connectivity index is 1.68. The lowest BCUT2D eigenvalue weighted by atomic mass is 10.0. The third kappa shape index (κ3) is 5.01. The fourth-order valence-corrected chi connectivity index (χ4v) is 4.12. The van der Waals surface area contributed by atoms with Gasteiger partial charge in [0.1, 0.15) is 11.6 Å². The largest absolute Gasteiger partial charge is 0.496 e. The molecule has 1 aromatic heterocycles. The summed E-state index contributed by atoms with van der Waals surface area (Å²) in [5.74, 6) is 0.0980. The summed E-state index contributed by atoms with van der Waals surface area (Å²) in [5, 5.41) is 10.8. The second-order valence-corrected chi connectivity index (χ2v) is 8.84. The highest BCUT2D eigenvalue weighted by molar-refractivity contribution is 6.04. The van der Waals surface area contributed by atoms with Crippen molar-refractivity contribution in [3.8, 4) is 16.9 Å². The lowest BCUT2D eigenvalue weighted by Gasteiger charge is -2.25. The molecule has 0 saturated carbocycles. The first-order chi connectivity index (χ1) is 16.8. The van der Waals surface area contributed by atoms with Crippen molar-refractivity contribution >= 4 is 28.5 Å². The van der Waals surface area contributed by atoms with Crippen LogP contribution in [0.25, 0.3) is 21.9 Å². The van der Waals surface area contributed by atoms with Gasteiger partial charge in [0, 0.05) is 17.5 Å². The number of fused-ring (bicyclic) bond motifs is 1. The summed E-state index contributed by atoms with van der Waals surface area (Å²) in [6, 6.07) is 20.8. The fraction of sp³-hybridized carbons (Fsp3) is 0.207. The maximum atomic E-state index is 13.2. The minimum absolute atomic E-state index is 0.0535. The molecule has 6 nitrogen and oxygen atoms in total. The Hall–Kier alpha value is -4.19. The number of carboxylic acids is 1.